The molecule has 1 aliphatic rings. The van der Waals surface area contributed by atoms with E-state index < -0.39 is 5.91 Å². The Morgan fingerprint density at radius 1 is 1.24 bits per heavy atom. The van der Waals surface area contributed by atoms with Gasteiger partial charge in [0.15, 0.2) is 0 Å². The van der Waals surface area contributed by atoms with Crippen molar-refractivity contribution in [2.24, 2.45) is 0 Å². The standard InChI is InChI=1S/C17H17FN6O/c1-11-4-5-19-17-21-15(22-24(11)17)16(25)20-13-8-12(18)9-14(10-13)23-6-2-3-7-23/h4-5,8-10H,2-3,6-7H2,1H3,(H,20,25). The molecule has 4 rings (SSSR count). The summed E-state index contributed by atoms with van der Waals surface area (Å²) in [7, 11) is 0. The number of hydrogen-bond acceptors (Lipinski definition) is 5. The van der Waals surface area contributed by atoms with E-state index in [1.807, 2.05) is 6.92 Å². The lowest BCUT2D eigenvalue weighted by molar-refractivity contribution is 0.101. The first kappa shape index (κ1) is 15.5. The number of halogens is 1. The second kappa shape index (κ2) is 6.12. The molecule has 1 saturated heterocycles. The molecular formula is C17H17FN6O. The number of rotatable bonds is 3. The van der Waals surface area contributed by atoms with Gasteiger partial charge in [0.25, 0.3) is 11.7 Å². The van der Waals surface area contributed by atoms with E-state index >= 15 is 0 Å². The predicted molar refractivity (Wildman–Crippen MR) is 91.3 cm³/mol. The monoisotopic (exact) mass is 340 g/mol. The number of nitrogens with zero attached hydrogens (tertiary/aromatic N) is 5. The summed E-state index contributed by atoms with van der Waals surface area (Å²) in [6, 6.07) is 6.32. The Balaban J connectivity index is 1.60. The first-order chi connectivity index (χ1) is 12.1. The summed E-state index contributed by atoms with van der Waals surface area (Å²) >= 11 is 0. The highest BCUT2D eigenvalue weighted by atomic mass is 19.1. The third-order valence-electron chi connectivity index (χ3n) is 4.24. The number of nitrogens with one attached hydrogen (secondary N) is 1. The molecule has 1 aromatic carbocycles. The molecule has 25 heavy (non-hydrogen) atoms. The van der Waals surface area contributed by atoms with E-state index in [0.29, 0.717) is 11.5 Å². The molecular weight excluding hydrogens is 323 g/mol. The molecule has 1 amide bonds. The molecule has 0 radical (unpaired) electrons. The molecule has 1 fully saturated rings. The van der Waals surface area contributed by atoms with Gasteiger partial charge in [-0.25, -0.2) is 13.9 Å². The Hall–Kier alpha value is -3.03. The van der Waals surface area contributed by atoms with Gasteiger partial charge < -0.3 is 10.2 Å². The first-order valence-corrected chi connectivity index (χ1v) is 8.15. The van der Waals surface area contributed by atoms with Crippen molar-refractivity contribution in [2.45, 2.75) is 19.8 Å². The van der Waals surface area contributed by atoms with Crippen molar-refractivity contribution in [3.63, 3.8) is 0 Å². The minimum absolute atomic E-state index is 0.00576. The number of anilines is 2. The summed E-state index contributed by atoms with van der Waals surface area (Å²) in [5.41, 5.74) is 1.97. The highest BCUT2D eigenvalue weighted by Gasteiger charge is 2.17. The molecule has 7 nitrogen and oxygen atoms in total. The lowest BCUT2D eigenvalue weighted by Crippen LogP contribution is -2.19. The number of aromatic nitrogens is 4. The van der Waals surface area contributed by atoms with Crippen LogP contribution in [-0.4, -0.2) is 38.6 Å². The smallest absolute Gasteiger partial charge is 0.295 e. The summed E-state index contributed by atoms with van der Waals surface area (Å²) in [5, 5.41) is 6.83. The van der Waals surface area contributed by atoms with Gasteiger partial charge in [-0.1, -0.05) is 0 Å². The zero-order valence-corrected chi connectivity index (χ0v) is 13.7. The average Bonchev–Trinajstić information content (AvgIpc) is 3.25. The van der Waals surface area contributed by atoms with E-state index in [2.05, 4.69) is 25.3 Å². The number of fused-ring (bicyclic) bond motifs is 1. The maximum atomic E-state index is 13.9. The van der Waals surface area contributed by atoms with Crippen molar-refractivity contribution < 1.29 is 9.18 Å². The fourth-order valence-electron chi connectivity index (χ4n) is 2.99. The molecule has 0 bridgehead atoms. The van der Waals surface area contributed by atoms with Crippen LogP contribution in [0.3, 0.4) is 0 Å². The number of hydrogen-bond donors (Lipinski definition) is 1. The molecule has 0 saturated carbocycles. The number of amides is 1. The second-order valence-electron chi connectivity index (χ2n) is 6.08. The van der Waals surface area contributed by atoms with Crippen molar-refractivity contribution in [1.82, 2.24) is 19.6 Å². The topological polar surface area (TPSA) is 75.4 Å². The van der Waals surface area contributed by atoms with Crippen LogP contribution in [0.2, 0.25) is 0 Å². The maximum Gasteiger partial charge on any atom is 0.295 e. The van der Waals surface area contributed by atoms with Crippen molar-refractivity contribution >= 4 is 23.1 Å². The molecule has 0 atom stereocenters. The van der Waals surface area contributed by atoms with Gasteiger partial charge in [0.2, 0.25) is 5.82 Å². The summed E-state index contributed by atoms with van der Waals surface area (Å²) in [6.07, 6.45) is 3.79. The van der Waals surface area contributed by atoms with Crippen LogP contribution < -0.4 is 10.2 Å². The molecule has 0 spiro atoms. The second-order valence-corrected chi connectivity index (χ2v) is 6.08. The predicted octanol–water partition coefficient (Wildman–Crippen LogP) is 2.42. The van der Waals surface area contributed by atoms with E-state index in [0.717, 1.165) is 37.3 Å². The van der Waals surface area contributed by atoms with E-state index in [1.165, 1.54) is 16.6 Å². The highest BCUT2D eigenvalue weighted by molar-refractivity contribution is 6.02. The summed E-state index contributed by atoms with van der Waals surface area (Å²) in [5.74, 6) is -0.543. The summed E-state index contributed by atoms with van der Waals surface area (Å²) in [6.45, 7) is 3.64. The zero-order valence-electron chi connectivity index (χ0n) is 13.7. The normalized spacial score (nSPS) is 14.2. The number of aryl methyl sites for hydroxylation is 1. The molecule has 3 aromatic rings. The van der Waals surface area contributed by atoms with Gasteiger partial charge in [-0.15, -0.1) is 5.10 Å². The van der Waals surface area contributed by atoms with Crippen LogP contribution in [0, 0.1) is 12.7 Å². The lowest BCUT2D eigenvalue weighted by atomic mass is 10.2. The Morgan fingerprint density at radius 3 is 2.80 bits per heavy atom. The third-order valence-corrected chi connectivity index (χ3v) is 4.24. The Bertz CT molecular complexity index is 947. The zero-order chi connectivity index (χ0) is 17.4. The Morgan fingerprint density at radius 2 is 2.04 bits per heavy atom. The van der Waals surface area contributed by atoms with Gasteiger partial charge in [-0.3, -0.25) is 4.79 Å². The minimum atomic E-state index is -0.497. The molecule has 3 heterocycles. The van der Waals surface area contributed by atoms with Gasteiger partial charge in [-0.05, 0) is 44.0 Å². The van der Waals surface area contributed by atoms with E-state index in [4.69, 9.17) is 0 Å². The van der Waals surface area contributed by atoms with Crippen molar-refractivity contribution in [1.29, 1.82) is 0 Å². The fourth-order valence-corrected chi connectivity index (χ4v) is 2.99. The van der Waals surface area contributed by atoms with Gasteiger partial charge in [0.05, 0.1) is 0 Å². The molecule has 0 unspecified atom stereocenters. The molecule has 128 valence electrons. The van der Waals surface area contributed by atoms with Crippen LogP contribution in [0.1, 0.15) is 29.2 Å². The maximum absolute atomic E-state index is 13.9. The SMILES string of the molecule is Cc1ccnc2nc(C(=O)Nc3cc(F)cc(N4CCCC4)c3)nn12. The lowest BCUT2D eigenvalue weighted by Gasteiger charge is -2.18. The average molecular weight is 340 g/mol. The number of carbonyl (C=O) groups is 1. The molecule has 0 aliphatic carbocycles. The molecule has 2 aromatic heterocycles. The van der Waals surface area contributed by atoms with Crippen LogP contribution in [-0.2, 0) is 0 Å². The molecule has 1 aliphatic heterocycles. The van der Waals surface area contributed by atoms with Gasteiger partial charge in [-0.2, -0.15) is 4.98 Å². The van der Waals surface area contributed by atoms with Crippen LogP contribution in [0.25, 0.3) is 5.78 Å². The van der Waals surface area contributed by atoms with E-state index in [1.54, 1.807) is 18.3 Å². The number of carbonyl (C=O) groups excluding carboxylic acids is 1. The fraction of sp³-hybridized carbons (Fsp3) is 0.294. The van der Waals surface area contributed by atoms with Crippen LogP contribution >= 0.6 is 0 Å². The van der Waals surface area contributed by atoms with Gasteiger partial charge >= 0.3 is 0 Å². The first-order valence-electron chi connectivity index (χ1n) is 8.15. The number of benzene rings is 1. The van der Waals surface area contributed by atoms with Gasteiger partial charge in [0.1, 0.15) is 5.82 Å². The Kier molecular flexibility index (Phi) is 3.79. The van der Waals surface area contributed by atoms with Gasteiger partial charge in [0, 0.05) is 36.4 Å². The quantitative estimate of drug-likeness (QED) is 0.792. The van der Waals surface area contributed by atoms with Crippen LogP contribution in [0.15, 0.2) is 30.5 Å². The van der Waals surface area contributed by atoms with E-state index in [9.17, 15) is 9.18 Å². The summed E-state index contributed by atoms with van der Waals surface area (Å²) in [4.78, 5) is 22.7. The molecule has 1 N–H and O–H groups in total. The van der Waals surface area contributed by atoms with Crippen LogP contribution in [0.4, 0.5) is 15.8 Å². The van der Waals surface area contributed by atoms with Crippen LogP contribution in [0.5, 0.6) is 0 Å². The van der Waals surface area contributed by atoms with Crippen molar-refractivity contribution in [3.8, 4) is 0 Å². The largest absolute Gasteiger partial charge is 0.371 e. The molecule has 8 heteroatoms. The van der Waals surface area contributed by atoms with Crippen molar-refractivity contribution in [3.05, 3.63) is 47.8 Å². The Labute approximate surface area is 143 Å². The highest BCUT2D eigenvalue weighted by Crippen LogP contribution is 2.25. The van der Waals surface area contributed by atoms with E-state index in [-0.39, 0.29) is 11.6 Å². The van der Waals surface area contributed by atoms with Crippen molar-refractivity contribution in [2.75, 3.05) is 23.3 Å². The summed E-state index contributed by atoms with van der Waals surface area (Å²) < 4.78 is 15.4. The minimum Gasteiger partial charge on any atom is -0.371 e. The third kappa shape index (κ3) is 3.02.